The third-order valence-corrected chi connectivity index (χ3v) is 4.29. The molecule has 3 N–H and O–H groups in total. The second kappa shape index (κ2) is 6.58. The highest BCUT2D eigenvalue weighted by Crippen LogP contribution is 2.28. The molecule has 6 heteroatoms. The predicted molar refractivity (Wildman–Crippen MR) is 89.2 cm³/mol. The minimum Gasteiger partial charge on any atom is -0.382 e. The number of anilines is 3. The molecule has 0 spiro atoms. The van der Waals surface area contributed by atoms with Gasteiger partial charge in [-0.3, -0.25) is 4.79 Å². The van der Waals surface area contributed by atoms with Gasteiger partial charge in [0.25, 0.3) is 5.91 Å². The summed E-state index contributed by atoms with van der Waals surface area (Å²) in [5, 5.41) is 3.65. The lowest BCUT2D eigenvalue weighted by molar-refractivity contribution is 0.103. The molecule has 1 aromatic heterocycles. The topological polar surface area (TPSA) is 71.2 Å². The van der Waals surface area contributed by atoms with Crippen molar-refractivity contribution < 1.29 is 4.79 Å². The molecule has 0 aliphatic rings. The number of benzene rings is 1. The first-order chi connectivity index (χ1) is 10.0. The molecule has 5 nitrogen and oxygen atoms in total. The smallest absolute Gasteiger partial charge is 0.269 e. The lowest BCUT2D eigenvalue weighted by atomic mass is 10.2. The van der Waals surface area contributed by atoms with Gasteiger partial charge in [0.15, 0.2) is 5.13 Å². The molecular weight excluding hydrogens is 284 g/mol. The third kappa shape index (κ3) is 3.52. The molecule has 0 radical (unpaired) electrons. The summed E-state index contributed by atoms with van der Waals surface area (Å²) < 4.78 is 0. The summed E-state index contributed by atoms with van der Waals surface area (Å²) in [6.07, 6.45) is 0. The van der Waals surface area contributed by atoms with Crippen molar-refractivity contribution in [2.24, 2.45) is 0 Å². The van der Waals surface area contributed by atoms with Crippen LogP contribution < -0.4 is 16.0 Å². The van der Waals surface area contributed by atoms with Crippen molar-refractivity contribution in [2.45, 2.75) is 20.8 Å². The van der Waals surface area contributed by atoms with Gasteiger partial charge >= 0.3 is 0 Å². The molecule has 1 aromatic carbocycles. The highest BCUT2D eigenvalue weighted by atomic mass is 32.1. The van der Waals surface area contributed by atoms with E-state index in [1.807, 2.05) is 45.0 Å². The Morgan fingerprint density at radius 2 is 2.10 bits per heavy atom. The van der Waals surface area contributed by atoms with Crippen molar-refractivity contribution >= 4 is 33.9 Å². The van der Waals surface area contributed by atoms with E-state index in [0.29, 0.717) is 4.88 Å². The van der Waals surface area contributed by atoms with E-state index in [0.717, 1.165) is 29.5 Å². The van der Waals surface area contributed by atoms with E-state index in [4.69, 9.17) is 5.73 Å². The molecule has 2 rings (SSSR count). The average molecular weight is 304 g/mol. The number of aryl methyl sites for hydroxylation is 1. The molecule has 0 aliphatic heterocycles. The highest BCUT2D eigenvalue weighted by Gasteiger charge is 2.18. The normalized spacial score (nSPS) is 10.4. The molecular formula is C15H20N4OS. The summed E-state index contributed by atoms with van der Waals surface area (Å²) in [5.74, 6) is 0.0704. The lowest BCUT2D eigenvalue weighted by Gasteiger charge is -2.16. The quantitative estimate of drug-likeness (QED) is 0.890. The summed E-state index contributed by atoms with van der Waals surface area (Å²) in [6.45, 7) is 7.75. The maximum Gasteiger partial charge on any atom is 0.269 e. The molecule has 1 heterocycles. The Hall–Kier alpha value is -2.08. The number of nitrogen functional groups attached to an aromatic ring is 1. The second-order valence-electron chi connectivity index (χ2n) is 4.71. The first-order valence-electron chi connectivity index (χ1n) is 6.94. The van der Waals surface area contributed by atoms with Crippen LogP contribution in [0.1, 0.15) is 29.1 Å². The van der Waals surface area contributed by atoms with Crippen molar-refractivity contribution in [2.75, 3.05) is 29.0 Å². The van der Waals surface area contributed by atoms with Crippen molar-refractivity contribution in [1.82, 2.24) is 4.98 Å². The zero-order valence-corrected chi connectivity index (χ0v) is 13.3. The molecule has 0 unspecified atom stereocenters. The molecule has 21 heavy (non-hydrogen) atoms. The van der Waals surface area contributed by atoms with E-state index < -0.39 is 0 Å². The summed E-state index contributed by atoms with van der Waals surface area (Å²) in [4.78, 5) is 19.1. The number of carbonyl (C=O) groups excluding carboxylic acids is 1. The highest BCUT2D eigenvalue weighted by molar-refractivity contribution is 7.18. The van der Waals surface area contributed by atoms with E-state index >= 15 is 0 Å². The van der Waals surface area contributed by atoms with Gasteiger partial charge in [-0.25, -0.2) is 4.98 Å². The van der Waals surface area contributed by atoms with Crippen LogP contribution in [0.15, 0.2) is 24.3 Å². The molecule has 1 amide bonds. The number of nitrogens with zero attached hydrogens (tertiary/aromatic N) is 2. The number of aromatic nitrogens is 1. The third-order valence-electron chi connectivity index (χ3n) is 3.16. The summed E-state index contributed by atoms with van der Waals surface area (Å²) in [6, 6.07) is 7.66. The van der Waals surface area contributed by atoms with Crippen LogP contribution in [-0.2, 0) is 0 Å². The SMILES string of the molecule is CCN(CC)c1nc(N)c(C(=O)Nc2cccc(C)c2)s1. The van der Waals surface area contributed by atoms with Crippen LogP contribution in [0.2, 0.25) is 0 Å². The lowest BCUT2D eigenvalue weighted by Crippen LogP contribution is -2.21. The average Bonchev–Trinajstić information content (AvgIpc) is 2.82. The molecule has 112 valence electrons. The first-order valence-corrected chi connectivity index (χ1v) is 7.76. The number of amides is 1. The van der Waals surface area contributed by atoms with Gasteiger partial charge in [0.05, 0.1) is 0 Å². The number of rotatable bonds is 5. The van der Waals surface area contributed by atoms with Crippen molar-refractivity contribution in [3.8, 4) is 0 Å². The standard InChI is InChI=1S/C15H20N4OS/c1-4-19(5-2)15-18-13(16)12(21-15)14(20)17-11-8-6-7-10(3)9-11/h6-9H,4-5,16H2,1-3H3,(H,17,20). The maximum atomic E-state index is 12.3. The van der Waals surface area contributed by atoms with E-state index in [-0.39, 0.29) is 11.7 Å². The predicted octanol–water partition coefficient (Wildman–Crippen LogP) is 3.13. The Morgan fingerprint density at radius 1 is 1.38 bits per heavy atom. The Balaban J connectivity index is 2.19. The largest absolute Gasteiger partial charge is 0.382 e. The second-order valence-corrected chi connectivity index (χ2v) is 5.68. The van der Waals surface area contributed by atoms with Crippen LogP contribution in [-0.4, -0.2) is 24.0 Å². The molecule has 0 aliphatic carbocycles. The minimum absolute atomic E-state index is 0.214. The van der Waals surface area contributed by atoms with Crippen LogP contribution in [0.3, 0.4) is 0 Å². The molecule has 0 saturated heterocycles. The summed E-state index contributed by atoms with van der Waals surface area (Å²) in [5.41, 5.74) is 7.74. The van der Waals surface area contributed by atoms with Crippen molar-refractivity contribution in [3.63, 3.8) is 0 Å². The molecule has 0 fully saturated rings. The van der Waals surface area contributed by atoms with Gasteiger partial charge in [0, 0.05) is 18.8 Å². The Morgan fingerprint density at radius 3 is 2.71 bits per heavy atom. The molecule has 0 bridgehead atoms. The molecule has 0 saturated carbocycles. The Labute approximate surface area is 128 Å². The molecule has 0 atom stereocenters. The fraction of sp³-hybridized carbons (Fsp3) is 0.333. The van der Waals surface area contributed by atoms with Gasteiger partial charge in [-0.2, -0.15) is 0 Å². The Kier molecular flexibility index (Phi) is 4.80. The van der Waals surface area contributed by atoms with Crippen LogP contribution in [0, 0.1) is 6.92 Å². The first kappa shape index (κ1) is 15.3. The zero-order valence-electron chi connectivity index (χ0n) is 12.5. The van der Waals surface area contributed by atoms with Gasteiger partial charge < -0.3 is 16.0 Å². The van der Waals surface area contributed by atoms with Gasteiger partial charge in [0.1, 0.15) is 10.7 Å². The minimum atomic E-state index is -0.214. The fourth-order valence-corrected chi connectivity index (χ4v) is 3.03. The number of nitrogens with one attached hydrogen (secondary N) is 1. The summed E-state index contributed by atoms with van der Waals surface area (Å²) >= 11 is 1.33. The number of nitrogens with two attached hydrogens (primary N) is 1. The van der Waals surface area contributed by atoms with E-state index in [1.54, 1.807) is 0 Å². The number of carbonyl (C=O) groups is 1. The van der Waals surface area contributed by atoms with Gasteiger partial charge in [-0.05, 0) is 38.5 Å². The summed E-state index contributed by atoms with van der Waals surface area (Å²) in [7, 11) is 0. The molecule has 2 aromatic rings. The Bertz CT molecular complexity index is 634. The van der Waals surface area contributed by atoms with Gasteiger partial charge in [-0.1, -0.05) is 23.5 Å². The van der Waals surface area contributed by atoms with Crippen LogP contribution in [0.25, 0.3) is 0 Å². The van der Waals surface area contributed by atoms with Gasteiger partial charge in [0.2, 0.25) is 0 Å². The van der Waals surface area contributed by atoms with Crippen molar-refractivity contribution in [1.29, 1.82) is 0 Å². The number of hydrogen-bond donors (Lipinski definition) is 2. The van der Waals surface area contributed by atoms with Crippen molar-refractivity contribution in [3.05, 3.63) is 34.7 Å². The monoisotopic (exact) mass is 304 g/mol. The maximum absolute atomic E-state index is 12.3. The fourth-order valence-electron chi connectivity index (χ4n) is 2.02. The van der Waals surface area contributed by atoms with E-state index in [1.165, 1.54) is 11.3 Å². The van der Waals surface area contributed by atoms with E-state index in [2.05, 4.69) is 15.2 Å². The number of hydrogen-bond acceptors (Lipinski definition) is 5. The van der Waals surface area contributed by atoms with Crippen LogP contribution in [0.5, 0.6) is 0 Å². The van der Waals surface area contributed by atoms with Crippen LogP contribution >= 0.6 is 11.3 Å². The number of thiazole rings is 1. The zero-order chi connectivity index (χ0) is 15.4. The van der Waals surface area contributed by atoms with Crippen LogP contribution in [0.4, 0.5) is 16.6 Å². The van der Waals surface area contributed by atoms with E-state index in [9.17, 15) is 4.79 Å². The van der Waals surface area contributed by atoms with Gasteiger partial charge in [-0.15, -0.1) is 0 Å².